The van der Waals surface area contributed by atoms with Gasteiger partial charge in [-0.25, -0.2) is 0 Å². The van der Waals surface area contributed by atoms with E-state index in [1.165, 1.54) is 0 Å². The minimum Gasteiger partial charge on any atom is -0.339 e. The Bertz CT molecular complexity index is 831. The molecule has 154 valence electrons. The highest BCUT2D eigenvalue weighted by molar-refractivity contribution is 5.99. The van der Waals surface area contributed by atoms with Gasteiger partial charge < -0.3 is 15.5 Å². The van der Waals surface area contributed by atoms with Crippen LogP contribution in [0.2, 0.25) is 0 Å². The van der Waals surface area contributed by atoms with Crippen LogP contribution in [0, 0.1) is 0 Å². The molecular formula is C24H31N3O2. The highest BCUT2D eigenvalue weighted by atomic mass is 16.2. The van der Waals surface area contributed by atoms with Gasteiger partial charge in [-0.05, 0) is 36.6 Å². The predicted molar refractivity (Wildman–Crippen MR) is 116 cm³/mol. The number of hydrogen-bond acceptors (Lipinski definition) is 3. The summed E-state index contributed by atoms with van der Waals surface area (Å²) < 4.78 is 0. The van der Waals surface area contributed by atoms with Crippen LogP contribution in [0.5, 0.6) is 0 Å². The van der Waals surface area contributed by atoms with Crippen molar-refractivity contribution in [3.63, 3.8) is 0 Å². The van der Waals surface area contributed by atoms with Gasteiger partial charge in [0.25, 0.3) is 11.8 Å². The molecule has 2 aromatic carbocycles. The van der Waals surface area contributed by atoms with Gasteiger partial charge in [-0.2, -0.15) is 0 Å². The summed E-state index contributed by atoms with van der Waals surface area (Å²) in [6.07, 6.45) is 1.83. The first-order valence-corrected chi connectivity index (χ1v) is 10.5. The lowest BCUT2D eigenvalue weighted by atomic mass is 9.95. The molecule has 0 bridgehead atoms. The maximum Gasteiger partial charge on any atom is 0.253 e. The highest BCUT2D eigenvalue weighted by Gasteiger charge is 2.34. The minimum absolute atomic E-state index is 0.0105. The molecule has 2 amide bonds. The molecule has 0 saturated carbocycles. The number of amides is 2. The summed E-state index contributed by atoms with van der Waals surface area (Å²) in [6.45, 7) is 6.70. The normalized spacial score (nSPS) is 18.7. The van der Waals surface area contributed by atoms with E-state index in [4.69, 9.17) is 5.73 Å². The summed E-state index contributed by atoms with van der Waals surface area (Å²) in [6, 6.07) is 17.1. The molecule has 0 spiro atoms. The van der Waals surface area contributed by atoms with Crippen molar-refractivity contribution in [1.82, 2.24) is 9.80 Å². The Morgan fingerprint density at radius 3 is 2.28 bits per heavy atom. The second-order valence-corrected chi connectivity index (χ2v) is 7.76. The Morgan fingerprint density at radius 1 is 0.966 bits per heavy atom. The Morgan fingerprint density at radius 2 is 1.62 bits per heavy atom. The molecule has 5 nitrogen and oxygen atoms in total. The van der Waals surface area contributed by atoms with Crippen LogP contribution in [0.25, 0.3) is 0 Å². The predicted octanol–water partition coefficient (Wildman–Crippen LogP) is 3.52. The van der Waals surface area contributed by atoms with Crippen molar-refractivity contribution in [1.29, 1.82) is 0 Å². The fourth-order valence-corrected chi connectivity index (χ4v) is 4.05. The molecule has 1 heterocycles. The molecule has 3 rings (SSSR count). The Labute approximate surface area is 173 Å². The van der Waals surface area contributed by atoms with E-state index in [9.17, 15) is 9.59 Å². The smallest absolute Gasteiger partial charge is 0.253 e. The number of nitrogens with zero attached hydrogens (tertiary/aromatic N) is 2. The van der Waals surface area contributed by atoms with Gasteiger partial charge in [0.1, 0.15) is 0 Å². The molecule has 0 unspecified atom stereocenters. The third-order valence-corrected chi connectivity index (χ3v) is 5.51. The maximum absolute atomic E-state index is 13.1. The summed E-state index contributed by atoms with van der Waals surface area (Å²) >= 11 is 0. The molecule has 1 saturated heterocycles. The zero-order valence-corrected chi connectivity index (χ0v) is 17.4. The van der Waals surface area contributed by atoms with Crippen molar-refractivity contribution in [2.24, 2.45) is 5.73 Å². The summed E-state index contributed by atoms with van der Waals surface area (Å²) in [5, 5.41) is 0. The van der Waals surface area contributed by atoms with E-state index in [2.05, 4.69) is 26.0 Å². The molecule has 1 aliphatic heterocycles. The van der Waals surface area contributed by atoms with Crippen LogP contribution in [-0.2, 0) is 0 Å². The summed E-state index contributed by atoms with van der Waals surface area (Å²) in [5.41, 5.74) is 8.62. The Balaban J connectivity index is 1.75. The van der Waals surface area contributed by atoms with Crippen molar-refractivity contribution in [3.8, 4) is 0 Å². The largest absolute Gasteiger partial charge is 0.339 e. The number of rotatable bonds is 7. The average molecular weight is 394 g/mol. The molecule has 5 heteroatoms. The van der Waals surface area contributed by atoms with E-state index in [1.807, 2.05) is 28.0 Å². The Hall–Kier alpha value is -2.66. The fourth-order valence-electron chi connectivity index (χ4n) is 4.05. The molecule has 1 aliphatic rings. The summed E-state index contributed by atoms with van der Waals surface area (Å²) in [4.78, 5) is 29.7. The van der Waals surface area contributed by atoms with E-state index < -0.39 is 0 Å². The topological polar surface area (TPSA) is 66.6 Å². The Kier molecular flexibility index (Phi) is 7.04. The fraction of sp³-hybridized carbons (Fsp3) is 0.417. The van der Waals surface area contributed by atoms with Gasteiger partial charge in [-0.3, -0.25) is 9.59 Å². The van der Waals surface area contributed by atoms with Crippen LogP contribution in [0.4, 0.5) is 0 Å². The van der Waals surface area contributed by atoms with Crippen molar-refractivity contribution in [3.05, 3.63) is 71.3 Å². The number of hydrogen-bond donors (Lipinski definition) is 1. The van der Waals surface area contributed by atoms with Crippen molar-refractivity contribution < 1.29 is 9.59 Å². The molecule has 2 atom stereocenters. The number of carbonyl (C=O) groups excluding carboxylic acids is 2. The van der Waals surface area contributed by atoms with Crippen LogP contribution in [0.15, 0.2) is 54.6 Å². The van der Waals surface area contributed by atoms with E-state index in [0.29, 0.717) is 24.2 Å². The summed E-state index contributed by atoms with van der Waals surface area (Å²) in [5.74, 6) is 0.0595. The quantitative estimate of drug-likeness (QED) is 0.783. The van der Waals surface area contributed by atoms with Crippen LogP contribution in [0.1, 0.15) is 58.9 Å². The SMILES string of the molecule is CCCN(CCC)C(=O)c1cccc(C(=O)N2C[C@@H](N)[C@H](c3ccccc3)C2)c1. The lowest BCUT2D eigenvalue weighted by molar-refractivity contribution is 0.0755. The van der Waals surface area contributed by atoms with Crippen molar-refractivity contribution in [2.75, 3.05) is 26.2 Å². The van der Waals surface area contributed by atoms with Crippen molar-refractivity contribution >= 4 is 11.8 Å². The van der Waals surface area contributed by atoms with Crippen LogP contribution in [0.3, 0.4) is 0 Å². The second kappa shape index (κ2) is 9.70. The van der Waals surface area contributed by atoms with Crippen LogP contribution >= 0.6 is 0 Å². The third kappa shape index (κ3) is 4.85. The zero-order valence-electron chi connectivity index (χ0n) is 17.4. The number of benzene rings is 2. The van der Waals surface area contributed by atoms with E-state index >= 15 is 0 Å². The van der Waals surface area contributed by atoms with E-state index in [-0.39, 0.29) is 23.8 Å². The zero-order chi connectivity index (χ0) is 20.8. The molecule has 0 radical (unpaired) electrons. The van der Waals surface area contributed by atoms with Crippen molar-refractivity contribution in [2.45, 2.75) is 38.6 Å². The first-order chi connectivity index (χ1) is 14.0. The molecule has 29 heavy (non-hydrogen) atoms. The van der Waals surface area contributed by atoms with E-state index in [0.717, 1.165) is 31.5 Å². The van der Waals surface area contributed by atoms with Gasteiger partial charge in [0.15, 0.2) is 0 Å². The maximum atomic E-state index is 13.1. The lowest BCUT2D eigenvalue weighted by Crippen LogP contribution is -2.33. The monoisotopic (exact) mass is 393 g/mol. The van der Waals surface area contributed by atoms with Gasteiger partial charge in [0.05, 0.1) is 0 Å². The molecule has 2 N–H and O–H groups in total. The third-order valence-electron chi connectivity index (χ3n) is 5.51. The van der Waals surface area contributed by atoms with Gasteiger partial charge >= 0.3 is 0 Å². The highest BCUT2D eigenvalue weighted by Crippen LogP contribution is 2.27. The molecule has 0 aromatic heterocycles. The first kappa shape index (κ1) is 21.1. The van der Waals surface area contributed by atoms with Gasteiger partial charge in [0, 0.05) is 49.3 Å². The molecule has 0 aliphatic carbocycles. The minimum atomic E-state index is -0.0873. The van der Waals surface area contributed by atoms with Gasteiger partial charge in [-0.15, -0.1) is 0 Å². The summed E-state index contributed by atoms with van der Waals surface area (Å²) in [7, 11) is 0. The number of carbonyl (C=O) groups is 2. The van der Waals surface area contributed by atoms with E-state index in [1.54, 1.807) is 24.3 Å². The number of likely N-dealkylation sites (tertiary alicyclic amines) is 1. The van der Waals surface area contributed by atoms with Crippen LogP contribution < -0.4 is 5.73 Å². The first-order valence-electron chi connectivity index (χ1n) is 10.5. The standard InChI is InChI=1S/C24H31N3O2/c1-3-13-26(14-4-2)23(28)19-11-8-12-20(15-19)24(29)27-16-21(22(25)17-27)18-9-6-5-7-10-18/h5-12,15,21-22H,3-4,13-14,16-17,25H2,1-2H3/t21-,22+/m0/s1. The number of nitrogens with two attached hydrogens (primary N) is 1. The second-order valence-electron chi connectivity index (χ2n) is 7.76. The van der Waals surface area contributed by atoms with Crippen LogP contribution in [-0.4, -0.2) is 53.8 Å². The average Bonchev–Trinajstić information content (AvgIpc) is 3.15. The lowest BCUT2D eigenvalue weighted by Gasteiger charge is -2.22. The molecule has 2 aromatic rings. The molecular weight excluding hydrogens is 362 g/mol. The van der Waals surface area contributed by atoms with Gasteiger partial charge in [-0.1, -0.05) is 50.2 Å². The van der Waals surface area contributed by atoms with Gasteiger partial charge in [0.2, 0.25) is 0 Å². The molecule has 1 fully saturated rings.